The Morgan fingerprint density at radius 1 is 1.03 bits per heavy atom. The zero-order valence-electron chi connectivity index (χ0n) is 43.4. The minimum atomic E-state index is -4.77. The molecule has 402 valence electrons. The minimum absolute atomic E-state index is 0.0298. The fourth-order valence-corrected chi connectivity index (χ4v) is 9.24. The molecule has 7 rings (SSSR count). The van der Waals surface area contributed by atoms with Gasteiger partial charge in [0.25, 0.3) is 5.91 Å². The van der Waals surface area contributed by atoms with E-state index < -0.39 is 71.3 Å². The smallest absolute Gasteiger partial charge is 0.416 e. The van der Waals surface area contributed by atoms with Crippen LogP contribution in [0.4, 0.5) is 40.1 Å². The number of hydrogen-bond acceptors (Lipinski definition) is 13. The molecule has 3 aliphatic rings. The summed E-state index contributed by atoms with van der Waals surface area (Å²) in [7, 11) is 1.78. The predicted octanol–water partition coefficient (Wildman–Crippen LogP) is 7.58. The maximum atomic E-state index is 14.9. The van der Waals surface area contributed by atoms with E-state index >= 15 is 0 Å². The van der Waals surface area contributed by atoms with Crippen LogP contribution in [0.25, 0.3) is 10.4 Å². The van der Waals surface area contributed by atoms with Gasteiger partial charge in [-0.3, -0.25) is 29.1 Å². The summed E-state index contributed by atoms with van der Waals surface area (Å²) in [6.45, 7) is 13.0. The van der Waals surface area contributed by atoms with Gasteiger partial charge >= 0.3 is 18.4 Å². The largest absolute Gasteiger partial charge is 0.444 e. The number of halogens is 3. The number of piperidine rings is 1. The number of ether oxygens (including phenoxy) is 3. The summed E-state index contributed by atoms with van der Waals surface area (Å²) in [5, 5.41) is 19.8. The monoisotopic (exact) mass is 1040 g/mol. The molecule has 2 aromatic heterocycles. The first-order chi connectivity index (χ1) is 35.4. The number of alkyl carbamates (subject to hydrolysis) is 1. The molecule has 2 fully saturated rings. The zero-order valence-corrected chi connectivity index (χ0v) is 43.4. The molecule has 75 heavy (non-hydrogen) atoms. The van der Waals surface area contributed by atoms with Crippen molar-refractivity contribution < 1.29 is 51.4 Å². The van der Waals surface area contributed by atoms with Gasteiger partial charge in [0.15, 0.2) is 0 Å². The summed E-state index contributed by atoms with van der Waals surface area (Å²) < 4.78 is 63.4. The van der Waals surface area contributed by atoms with Crippen molar-refractivity contribution in [1.82, 2.24) is 35.3 Å². The van der Waals surface area contributed by atoms with Crippen molar-refractivity contribution in [3.63, 3.8) is 0 Å². The van der Waals surface area contributed by atoms with Crippen molar-refractivity contribution >= 4 is 47.2 Å². The Hall–Kier alpha value is -7.30. The number of pyridine rings is 1. The number of aromatic nitrogens is 4. The van der Waals surface area contributed by atoms with Crippen molar-refractivity contribution in [1.29, 1.82) is 0 Å². The fraction of sp³-hybridized carbons (Fsp3) is 0.529. The van der Waals surface area contributed by atoms with Crippen LogP contribution >= 0.6 is 0 Å². The standard InChI is InChI=1S/C51H64F3N13O8/c1-30(2)43(61-47(71)75-49(5,6)7)45(69)58-32(4)44(68)59-36-13-11-33(12-14-36)26-74-48(72)66(17-15-56-63-55)40-20-35(50(27-73-28-50)22-42-62-57-29-64(42)8)21-41(60-40)67-25-38-37(46(67)70)18-34(19-39(38)51(52,53)54)24-65-16-9-10-31(3)23-65/h11-14,18-21,29-32,43H,9-10,15-17,22-28H2,1-8H3,(H,58,69)(H,59,68)(H,61,71)/t31-,32-,43-/m0/s1. The number of benzene rings is 2. The first kappa shape index (κ1) is 55.5. The second-order valence-electron chi connectivity index (χ2n) is 20.9. The highest BCUT2D eigenvalue weighted by atomic mass is 19.4. The first-order valence-corrected chi connectivity index (χ1v) is 24.8. The number of likely N-dealkylation sites (tertiary alicyclic amines) is 1. The SMILES string of the molecule is CC(C)[C@H](NC(=O)OC(C)(C)C)C(=O)N[C@@H](C)C(=O)Nc1ccc(COC(=O)N(CCN=[N+]=[N-])c2cc(C3(Cc4nncn4C)COC3)cc(N3Cc4c(cc(CN5CCC[C@H](C)C5)cc4C(F)(F)F)C3=O)n2)cc1. The Morgan fingerprint density at radius 3 is 2.37 bits per heavy atom. The molecule has 5 amide bonds. The summed E-state index contributed by atoms with van der Waals surface area (Å²) in [4.78, 5) is 79.5. The molecular weight excluding hydrogens is 980 g/mol. The molecule has 3 aliphatic heterocycles. The molecule has 24 heteroatoms. The lowest BCUT2D eigenvalue weighted by Gasteiger charge is -2.42. The molecule has 0 unspecified atom stereocenters. The zero-order chi connectivity index (χ0) is 54.4. The van der Waals surface area contributed by atoms with Gasteiger partial charge in [0.2, 0.25) is 11.8 Å². The molecule has 3 N–H and O–H groups in total. The third-order valence-electron chi connectivity index (χ3n) is 13.2. The van der Waals surface area contributed by atoms with Gasteiger partial charge in [0.05, 0.1) is 25.3 Å². The number of aryl methyl sites for hydroxylation is 1. The van der Waals surface area contributed by atoms with Gasteiger partial charge in [-0.2, -0.15) is 13.2 Å². The van der Waals surface area contributed by atoms with Gasteiger partial charge in [-0.05, 0) is 123 Å². The van der Waals surface area contributed by atoms with E-state index in [2.05, 4.69) is 48.0 Å². The van der Waals surface area contributed by atoms with Crippen LogP contribution in [0.5, 0.6) is 0 Å². The molecule has 0 radical (unpaired) electrons. The van der Waals surface area contributed by atoms with Crippen LogP contribution in [-0.2, 0) is 68.6 Å². The van der Waals surface area contributed by atoms with Crippen LogP contribution in [0.2, 0.25) is 0 Å². The molecule has 0 bridgehead atoms. The molecule has 0 spiro atoms. The van der Waals surface area contributed by atoms with E-state index in [0.29, 0.717) is 40.5 Å². The highest BCUT2D eigenvalue weighted by Crippen LogP contribution is 2.43. The minimum Gasteiger partial charge on any atom is -0.444 e. The normalized spacial score (nSPS) is 17.3. The number of carbonyl (C=O) groups excluding carboxylic acids is 5. The van der Waals surface area contributed by atoms with E-state index in [-0.39, 0.29) is 68.1 Å². The number of rotatable bonds is 18. The van der Waals surface area contributed by atoms with Crippen molar-refractivity contribution in [3.8, 4) is 0 Å². The highest BCUT2D eigenvalue weighted by Gasteiger charge is 2.45. The van der Waals surface area contributed by atoms with Gasteiger partial charge in [-0.25, -0.2) is 14.6 Å². The molecule has 2 saturated heterocycles. The van der Waals surface area contributed by atoms with E-state index in [9.17, 15) is 42.7 Å². The second kappa shape index (κ2) is 23.1. The average Bonchev–Trinajstić information content (AvgIpc) is 3.89. The lowest BCUT2D eigenvalue weighted by atomic mass is 9.75. The van der Waals surface area contributed by atoms with E-state index in [1.165, 1.54) is 17.9 Å². The number of azide groups is 1. The van der Waals surface area contributed by atoms with Crippen molar-refractivity contribution in [2.45, 2.75) is 117 Å². The molecule has 0 aliphatic carbocycles. The summed E-state index contributed by atoms with van der Waals surface area (Å²) in [5.41, 5.74) is 8.23. The molecule has 3 atom stereocenters. The number of anilines is 3. The topological polar surface area (TPSA) is 251 Å². The third kappa shape index (κ3) is 13.7. The van der Waals surface area contributed by atoms with Crippen LogP contribution in [0.15, 0.2) is 60.0 Å². The number of nitrogens with zero attached hydrogens (tertiary/aromatic N) is 10. The molecule has 21 nitrogen and oxygen atoms in total. The summed E-state index contributed by atoms with van der Waals surface area (Å²) in [6, 6.07) is 10.3. The van der Waals surface area contributed by atoms with E-state index in [0.717, 1.165) is 36.9 Å². The number of alkyl halides is 3. The van der Waals surface area contributed by atoms with Crippen molar-refractivity contribution in [3.05, 3.63) is 105 Å². The number of fused-ring (bicyclic) bond motifs is 1. The molecule has 0 saturated carbocycles. The Kier molecular flexibility index (Phi) is 17.1. The Morgan fingerprint density at radius 2 is 1.76 bits per heavy atom. The maximum absolute atomic E-state index is 14.9. The second-order valence-corrected chi connectivity index (χ2v) is 20.9. The van der Waals surface area contributed by atoms with E-state index in [1.807, 2.05) is 0 Å². The molecule has 4 aromatic rings. The van der Waals surface area contributed by atoms with Crippen LogP contribution in [0.1, 0.15) is 105 Å². The van der Waals surface area contributed by atoms with Crippen LogP contribution in [0, 0.1) is 11.8 Å². The van der Waals surface area contributed by atoms with E-state index in [1.54, 1.807) is 89.0 Å². The maximum Gasteiger partial charge on any atom is 0.416 e. The average molecular weight is 1040 g/mol. The predicted molar refractivity (Wildman–Crippen MR) is 269 cm³/mol. The van der Waals surface area contributed by atoms with Gasteiger partial charge in [-0.1, -0.05) is 38.0 Å². The first-order valence-electron chi connectivity index (χ1n) is 24.8. The van der Waals surface area contributed by atoms with Crippen LogP contribution in [0.3, 0.4) is 0 Å². The number of nitrogens with one attached hydrogen (secondary N) is 3. The summed E-state index contributed by atoms with van der Waals surface area (Å²) in [6.07, 6.45) is -2.68. The highest BCUT2D eigenvalue weighted by molar-refractivity contribution is 6.10. The quantitative estimate of drug-likeness (QED) is 0.0496. The Labute approximate surface area is 432 Å². The lowest BCUT2D eigenvalue weighted by Crippen LogP contribution is -2.54. The fourth-order valence-electron chi connectivity index (χ4n) is 9.24. The van der Waals surface area contributed by atoms with E-state index in [4.69, 9.17) is 19.2 Å². The number of amides is 5. The molecule has 5 heterocycles. The summed E-state index contributed by atoms with van der Waals surface area (Å²) >= 11 is 0. The Balaban J connectivity index is 1.12. The third-order valence-corrected chi connectivity index (χ3v) is 13.2. The van der Waals surface area contributed by atoms with Gasteiger partial charge in [0.1, 0.15) is 48.1 Å². The summed E-state index contributed by atoms with van der Waals surface area (Å²) in [5.74, 6) is -1.23. The van der Waals surface area contributed by atoms with Gasteiger partial charge in [0, 0.05) is 61.2 Å². The van der Waals surface area contributed by atoms with Gasteiger partial charge in [-0.15, -0.1) is 10.2 Å². The van der Waals surface area contributed by atoms with Crippen molar-refractivity contribution in [2.24, 2.45) is 24.0 Å². The Bertz CT molecular complexity index is 2810. The van der Waals surface area contributed by atoms with Gasteiger partial charge < -0.3 is 34.7 Å². The molecule has 2 aromatic carbocycles. The van der Waals surface area contributed by atoms with Crippen LogP contribution < -0.4 is 25.8 Å². The number of hydrogen-bond donors (Lipinski definition) is 3. The van der Waals surface area contributed by atoms with Crippen molar-refractivity contribution in [2.75, 3.05) is 54.5 Å². The molecular formula is C51H64F3N13O8. The van der Waals surface area contributed by atoms with Crippen LogP contribution in [-0.4, -0.2) is 112 Å². The number of carbonyl (C=O) groups is 5. The lowest BCUT2D eigenvalue weighted by molar-refractivity contribution is -0.138.